The second-order valence-corrected chi connectivity index (χ2v) is 4.16. The highest BCUT2D eigenvalue weighted by Crippen LogP contribution is 2.18. The van der Waals surface area contributed by atoms with E-state index in [2.05, 4.69) is 9.84 Å². The lowest BCUT2D eigenvalue weighted by atomic mass is 10.1. The van der Waals surface area contributed by atoms with Gasteiger partial charge in [-0.05, 0) is 25.1 Å². The number of nitrogens with zero attached hydrogens (tertiary/aromatic N) is 2. The third-order valence-corrected chi connectivity index (χ3v) is 2.80. The fourth-order valence-corrected chi connectivity index (χ4v) is 1.76. The summed E-state index contributed by atoms with van der Waals surface area (Å²) in [5.41, 5.74) is 7.19. The number of esters is 2. The summed E-state index contributed by atoms with van der Waals surface area (Å²) >= 11 is 0. The van der Waals surface area contributed by atoms with Gasteiger partial charge in [-0.2, -0.15) is 5.10 Å². The largest absolute Gasteiger partial charge is 0.465 e. The quantitative estimate of drug-likeness (QED) is 0.675. The van der Waals surface area contributed by atoms with Crippen LogP contribution in [0.4, 0.5) is 5.69 Å². The Balaban J connectivity index is 2.34. The van der Waals surface area contributed by atoms with Crippen molar-refractivity contribution in [2.24, 2.45) is 0 Å². The lowest BCUT2D eigenvalue weighted by Crippen LogP contribution is -2.07. The van der Waals surface area contributed by atoms with Crippen molar-refractivity contribution in [1.82, 2.24) is 9.78 Å². The van der Waals surface area contributed by atoms with Gasteiger partial charge in [0, 0.05) is 11.9 Å². The van der Waals surface area contributed by atoms with Gasteiger partial charge in [0.15, 0.2) is 0 Å². The van der Waals surface area contributed by atoms with E-state index < -0.39 is 11.9 Å². The fraction of sp³-hybridized carbons (Fsp3) is 0.214. The Hall–Kier alpha value is -2.83. The van der Waals surface area contributed by atoms with Crippen LogP contribution in [0.3, 0.4) is 0 Å². The minimum Gasteiger partial charge on any atom is -0.465 e. The molecule has 2 aromatic rings. The van der Waals surface area contributed by atoms with E-state index in [-0.39, 0.29) is 5.56 Å². The van der Waals surface area contributed by atoms with Crippen LogP contribution in [0, 0.1) is 0 Å². The SMILES string of the molecule is CCOC(=O)c1cnn(-c2ccc(N)c(C(=O)OC)c2)c1. The molecule has 0 amide bonds. The molecule has 7 heteroatoms. The monoisotopic (exact) mass is 289 g/mol. The predicted octanol–water partition coefficient (Wildman–Crippen LogP) is 1.42. The summed E-state index contributed by atoms with van der Waals surface area (Å²) in [6.45, 7) is 2.02. The van der Waals surface area contributed by atoms with Crippen molar-refractivity contribution in [3.05, 3.63) is 41.7 Å². The van der Waals surface area contributed by atoms with E-state index in [0.717, 1.165) is 0 Å². The minimum absolute atomic E-state index is 0.239. The molecule has 0 bridgehead atoms. The maximum absolute atomic E-state index is 11.6. The zero-order valence-corrected chi connectivity index (χ0v) is 11.7. The highest BCUT2D eigenvalue weighted by atomic mass is 16.5. The van der Waals surface area contributed by atoms with E-state index in [1.807, 2.05) is 0 Å². The number of anilines is 1. The van der Waals surface area contributed by atoms with Crippen LogP contribution in [0.25, 0.3) is 5.69 Å². The number of ether oxygens (including phenoxy) is 2. The van der Waals surface area contributed by atoms with Crippen LogP contribution < -0.4 is 5.73 Å². The number of nitrogen functional groups attached to an aromatic ring is 1. The van der Waals surface area contributed by atoms with Gasteiger partial charge in [-0.15, -0.1) is 0 Å². The lowest BCUT2D eigenvalue weighted by molar-refractivity contribution is 0.0525. The first-order valence-corrected chi connectivity index (χ1v) is 6.26. The Labute approximate surface area is 121 Å². The van der Waals surface area contributed by atoms with Crippen LogP contribution >= 0.6 is 0 Å². The summed E-state index contributed by atoms with van der Waals surface area (Å²) in [6, 6.07) is 4.81. The second-order valence-electron chi connectivity index (χ2n) is 4.16. The van der Waals surface area contributed by atoms with Crippen LogP contribution in [-0.2, 0) is 9.47 Å². The van der Waals surface area contributed by atoms with E-state index in [1.54, 1.807) is 25.1 Å². The zero-order valence-electron chi connectivity index (χ0n) is 11.7. The Kier molecular flexibility index (Phi) is 4.22. The van der Waals surface area contributed by atoms with Gasteiger partial charge in [0.1, 0.15) is 0 Å². The van der Waals surface area contributed by atoms with Gasteiger partial charge in [0.2, 0.25) is 0 Å². The average molecular weight is 289 g/mol. The molecule has 2 rings (SSSR count). The molecule has 0 aliphatic carbocycles. The molecule has 0 fully saturated rings. The predicted molar refractivity (Wildman–Crippen MR) is 75.3 cm³/mol. The molecule has 0 saturated carbocycles. The van der Waals surface area contributed by atoms with Crippen molar-refractivity contribution < 1.29 is 19.1 Å². The molecule has 7 nitrogen and oxygen atoms in total. The number of aromatic nitrogens is 2. The summed E-state index contributed by atoms with van der Waals surface area (Å²) < 4.78 is 11.0. The highest BCUT2D eigenvalue weighted by Gasteiger charge is 2.14. The summed E-state index contributed by atoms with van der Waals surface area (Å²) in [5, 5.41) is 4.07. The number of carbonyl (C=O) groups is 2. The van der Waals surface area contributed by atoms with Crippen molar-refractivity contribution in [3.63, 3.8) is 0 Å². The summed E-state index contributed by atoms with van der Waals surface area (Å²) in [5.74, 6) is -0.987. The molecule has 0 aliphatic heterocycles. The first-order valence-electron chi connectivity index (χ1n) is 6.26. The lowest BCUT2D eigenvalue weighted by Gasteiger charge is -2.07. The Morgan fingerprint density at radius 3 is 2.76 bits per heavy atom. The van der Waals surface area contributed by atoms with Gasteiger partial charge in [-0.1, -0.05) is 0 Å². The van der Waals surface area contributed by atoms with E-state index in [9.17, 15) is 9.59 Å². The molecule has 110 valence electrons. The van der Waals surface area contributed by atoms with Gasteiger partial charge >= 0.3 is 11.9 Å². The Morgan fingerprint density at radius 2 is 2.10 bits per heavy atom. The number of methoxy groups -OCH3 is 1. The Morgan fingerprint density at radius 1 is 1.33 bits per heavy atom. The summed E-state index contributed by atoms with van der Waals surface area (Å²) in [6.07, 6.45) is 2.91. The Bertz CT molecular complexity index is 679. The van der Waals surface area contributed by atoms with Crippen molar-refractivity contribution in [2.75, 3.05) is 19.5 Å². The molecule has 0 aliphatic rings. The number of nitrogens with two attached hydrogens (primary N) is 1. The average Bonchev–Trinajstić information content (AvgIpc) is 2.97. The van der Waals surface area contributed by atoms with Crippen molar-refractivity contribution in [2.45, 2.75) is 6.92 Å². The van der Waals surface area contributed by atoms with Gasteiger partial charge in [0.25, 0.3) is 0 Å². The zero-order chi connectivity index (χ0) is 15.4. The van der Waals surface area contributed by atoms with Crippen LogP contribution in [0.5, 0.6) is 0 Å². The maximum atomic E-state index is 11.6. The van der Waals surface area contributed by atoms with E-state index in [0.29, 0.717) is 23.5 Å². The van der Waals surface area contributed by atoms with Gasteiger partial charge < -0.3 is 15.2 Å². The molecule has 21 heavy (non-hydrogen) atoms. The highest BCUT2D eigenvalue weighted by molar-refractivity contribution is 5.95. The van der Waals surface area contributed by atoms with Crippen LogP contribution in [0.1, 0.15) is 27.6 Å². The minimum atomic E-state index is -0.535. The van der Waals surface area contributed by atoms with Crippen molar-refractivity contribution in [1.29, 1.82) is 0 Å². The summed E-state index contributed by atoms with van der Waals surface area (Å²) in [4.78, 5) is 23.2. The van der Waals surface area contributed by atoms with E-state index in [1.165, 1.54) is 24.2 Å². The molecule has 0 atom stereocenters. The first-order chi connectivity index (χ1) is 10.1. The molecule has 0 radical (unpaired) electrons. The first kappa shape index (κ1) is 14.6. The van der Waals surface area contributed by atoms with Gasteiger partial charge in [-0.3, -0.25) is 0 Å². The number of hydrogen-bond donors (Lipinski definition) is 1. The molecular formula is C14H15N3O4. The molecule has 1 aromatic carbocycles. The smallest absolute Gasteiger partial charge is 0.341 e. The third kappa shape index (κ3) is 3.02. The van der Waals surface area contributed by atoms with Gasteiger partial charge in [0.05, 0.1) is 36.7 Å². The molecular weight excluding hydrogens is 274 g/mol. The molecule has 0 unspecified atom stereocenters. The topological polar surface area (TPSA) is 96.4 Å². The van der Waals surface area contributed by atoms with Crippen LogP contribution in [-0.4, -0.2) is 35.4 Å². The van der Waals surface area contributed by atoms with E-state index >= 15 is 0 Å². The molecule has 1 heterocycles. The third-order valence-electron chi connectivity index (χ3n) is 2.80. The molecule has 0 spiro atoms. The fourth-order valence-electron chi connectivity index (χ4n) is 1.76. The van der Waals surface area contributed by atoms with Gasteiger partial charge in [-0.25, -0.2) is 14.3 Å². The molecule has 2 N–H and O–H groups in total. The number of rotatable bonds is 4. The second kappa shape index (κ2) is 6.08. The summed E-state index contributed by atoms with van der Waals surface area (Å²) in [7, 11) is 1.28. The molecule has 0 saturated heterocycles. The number of carbonyl (C=O) groups excluding carboxylic acids is 2. The number of hydrogen-bond acceptors (Lipinski definition) is 6. The standard InChI is InChI=1S/C14H15N3O4/c1-3-21-13(18)9-7-16-17(8-9)10-4-5-12(15)11(6-10)14(19)20-2/h4-8H,3,15H2,1-2H3. The molecule has 1 aromatic heterocycles. The van der Waals surface area contributed by atoms with Crippen LogP contribution in [0.2, 0.25) is 0 Å². The van der Waals surface area contributed by atoms with E-state index in [4.69, 9.17) is 10.5 Å². The normalized spacial score (nSPS) is 10.2. The number of benzene rings is 1. The van der Waals surface area contributed by atoms with Crippen molar-refractivity contribution >= 4 is 17.6 Å². The van der Waals surface area contributed by atoms with Crippen molar-refractivity contribution in [3.8, 4) is 5.69 Å². The van der Waals surface area contributed by atoms with Crippen LogP contribution in [0.15, 0.2) is 30.6 Å². The maximum Gasteiger partial charge on any atom is 0.341 e.